The van der Waals surface area contributed by atoms with Gasteiger partial charge in [0.2, 0.25) is 5.91 Å². The first-order valence-electron chi connectivity index (χ1n) is 10.8. The van der Waals surface area contributed by atoms with Crippen LogP contribution < -0.4 is 15.4 Å². The Hall–Kier alpha value is -3.75. The normalized spacial score (nSPS) is 15.4. The van der Waals surface area contributed by atoms with E-state index in [4.69, 9.17) is 34.4 Å². The molecule has 0 unspecified atom stereocenters. The number of benzene rings is 2. The lowest BCUT2D eigenvalue weighted by Crippen LogP contribution is -2.48. The standard InChI is InChI=1S/C24H18Cl2F3N5O3/c1-2-8-37-20-11-17-14(21(31-12-30-17)32-13-5-6-16(27)15(25)9-13)10-18(20)33-22(35)19-4-3-7-34(19)23(36)24(26,28)29/h1,5-6,9-12,19H,3-4,7-8H2,(H,33,35)(H,30,31,32)/t19-/m1/s1. The van der Waals surface area contributed by atoms with Crippen LogP contribution in [-0.2, 0) is 9.59 Å². The molecular weight excluding hydrogens is 534 g/mol. The second-order valence-corrected chi connectivity index (χ2v) is 8.86. The van der Waals surface area contributed by atoms with Crippen molar-refractivity contribution in [3.63, 3.8) is 0 Å². The molecule has 37 heavy (non-hydrogen) atoms. The molecule has 192 valence electrons. The SMILES string of the molecule is C#CCOc1cc2ncnc(Nc3ccc(F)c(Cl)c3)c2cc1NC(=O)[C@H]1CCCN1C(=O)C(F)(F)Cl. The van der Waals surface area contributed by atoms with Crippen molar-refractivity contribution < 1.29 is 27.5 Å². The molecule has 0 radical (unpaired) electrons. The van der Waals surface area contributed by atoms with E-state index in [2.05, 4.69) is 26.5 Å². The number of nitrogens with zero attached hydrogens (tertiary/aromatic N) is 3. The number of terminal acetylenes is 1. The van der Waals surface area contributed by atoms with Gasteiger partial charge in [-0.2, -0.15) is 8.78 Å². The van der Waals surface area contributed by atoms with E-state index < -0.39 is 29.1 Å². The molecule has 0 aliphatic carbocycles. The van der Waals surface area contributed by atoms with Gasteiger partial charge in [-0.05, 0) is 48.7 Å². The van der Waals surface area contributed by atoms with Crippen molar-refractivity contribution in [1.82, 2.24) is 14.9 Å². The maximum Gasteiger partial charge on any atom is 0.399 e. The summed E-state index contributed by atoms with van der Waals surface area (Å²) in [5.74, 6) is -0.177. The third kappa shape index (κ3) is 5.81. The third-order valence-electron chi connectivity index (χ3n) is 5.55. The number of anilines is 3. The fraction of sp³-hybridized carbons (Fsp3) is 0.250. The topological polar surface area (TPSA) is 96.5 Å². The highest BCUT2D eigenvalue weighted by Crippen LogP contribution is 2.35. The zero-order valence-electron chi connectivity index (χ0n) is 18.9. The zero-order chi connectivity index (χ0) is 26.7. The molecule has 2 amide bonds. The summed E-state index contributed by atoms with van der Waals surface area (Å²) >= 11 is 10.8. The Morgan fingerprint density at radius 1 is 1.27 bits per heavy atom. The number of carbonyl (C=O) groups is 2. The van der Waals surface area contributed by atoms with Gasteiger partial charge in [-0.1, -0.05) is 17.5 Å². The Morgan fingerprint density at radius 3 is 2.76 bits per heavy atom. The van der Waals surface area contributed by atoms with E-state index in [1.807, 2.05) is 0 Å². The molecule has 1 fully saturated rings. The number of hydrogen-bond donors (Lipinski definition) is 2. The Labute approximate surface area is 219 Å². The molecule has 1 aliphatic heterocycles. The summed E-state index contributed by atoms with van der Waals surface area (Å²) in [6.07, 6.45) is 7.10. The number of nitrogens with one attached hydrogen (secondary N) is 2. The van der Waals surface area contributed by atoms with Gasteiger partial charge in [-0.25, -0.2) is 14.4 Å². The number of fused-ring (bicyclic) bond motifs is 1. The lowest BCUT2D eigenvalue weighted by atomic mass is 10.1. The summed E-state index contributed by atoms with van der Waals surface area (Å²) in [6.45, 7) is -0.176. The molecule has 4 rings (SSSR count). The van der Waals surface area contributed by atoms with Gasteiger partial charge in [0.15, 0.2) is 0 Å². The number of likely N-dealkylation sites (tertiary alicyclic amines) is 1. The molecule has 3 aromatic rings. The molecule has 13 heteroatoms. The smallest absolute Gasteiger partial charge is 0.399 e. The highest BCUT2D eigenvalue weighted by atomic mass is 35.5. The largest absolute Gasteiger partial charge is 0.479 e. The first-order valence-corrected chi connectivity index (χ1v) is 11.6. The highest BCUT2D eigenvalue weighted by Gasteiger charge is 2.45. The summed E-state index contributed by atoms with van der Waals surface area (Å²) in [6, 6.07) is 5.86. The van der Waals surface area contributed by atoms with Crippen molar-refractivity contribution in [3.05, 3.63) is 47.5 Å². The van der Waals surface area contributed by atoms with Crippen LogP contribution in [0.4, 0.5) is 30.4 Å². The minimum absolute atomic E-state index is 0.0421. The Kier molecular flexibility index (Phi) is 7.61. The van der Waals surface area contributed by atoms with Gasteiger partial charge >= 0.3 is 11.3 Å². The minimum Gasteiger partial charge on any atom is -0.479 e. The lowest BCUT2D eigenvalue weighted by molar-refractivity contribution is -0.150. The average molecular weight is 552 g/mol. The molecule has 8 nitrogen and oxygen atoms in total. The molecule has 1 aromatic heterocycles. The van der Waals surface area contributed by atoms with Crippen LogP contribution in [0.15, 0.2) is 36.7 Å². The van der Waals surface area contributed by atoms with Crippen molar-refractivity contribution in [2.75, 3.05) is 23.8 Å². The number of hydrogen-bond acceptors (Lipinski definition) is 6. The van der Waals surface area contributed by atoms with E-state index in [9.17, 15) is 22.8 Å². The first-order chi connectivity index (χ1) is 17.6. The average Bonchev–Trinajstić information content (AvgIpc) is 3.34. The minimum atomic E-state index is -4.13. The number of ether oxygens (including phenoxy) is 1. The third-order valence-corrected chi connectivity index (χ3v) is 6.00. The quantitative estimate of drug-likeness (QED) is 0.319. The van der Waals surface area contributed by atoms with Gasteiger partial charge in [0.1, 0.15) is 36.4 Å². The summed E-state index contributed by atoms with van der Waals surface area (Å²) in [5.41, 5.74) is 0.988. The predicted molar refractivity (Wildman–Crippen MR) is 133 cm³/mol. The van der Waals surface area contributed by atoms with Crippen molar-refractivity contribution >= 4 is 63.1 Å². The van der Waals surface area contributed by atoms with Crippen molar-refractivity contribution in [2.24, 2.45) is 0 Å². The number of amides is 2. The Morgan fingerprint density at radius 2 is 2.05 bits per heavy atom. The molecular formula is C24H18Cl2F3N5O3. The molecule has 0 saturated carbocycles. The lowest BCUT2D eigenvalue weighted by Gasteiger charge is -2.25. The van der Waals surface area contributed by atoms with Crippen LogP contribution >= 0.6 is 23.2 Å². The van der Waals surface area contributed by atoms with Crippen LogP contribution in [0.1, 0.15) is 12.8 Å². The highest BCUT2D eigenvalue weighted by molar-refractivity contribution is 6.32. The zero-order valence-corrected chi connectivity index (χ0v) is 20.4. The van der Waals surface area contributed by atoms with E-state index in [1.165, 1.54) is 36.7 Å². The predicted octanol–water partition coefficient (Wildman–Crippen LogP) is 4.94. The monoisotopic (exact) mass is 551 g/mol. The van der Waals surface area contributed by atoms with Gasteiger partial charge < -0.3 is 20.3 Å². The Bertz CT molecular complexity index is 1410. The molecule has 0 bridgehead atoms. The maximum absolute atomic E-state index is 13.6. The van der Waals surface area contributed by atoms with E-state index >= 15 is 0 Å². The second-order valence-electron chi connectivity index (χ2n) is 7.98. The number of carbonyl (C=O) groups excluding carboxylic acids is 2. The molecule has 1 saturated heterocycles. The van der Waals surface area contributed by atoms with Gasteiger partial charge in [0, 0.05) is 23.7 Å². The van der Waals surface area contributed by atoms with Crippen LogP contribution in [0.3, 0.4) is 0 Å². The van der Waals surface area contributed by atoms with Crippen LogP contribution in [0, 0.1) is 18.2 Å². The number of rotatable bonds is 7. The van der Waals surface area contributed by atoms with E-state index in [1.54, 1.807) is 0 Å². The summed E-state index contributed by atoms with van der Waals surface area (Å²) in [5, 5.41) is 1.84. The van der Waals surface area contributed by atoms with E-state index in [-0.39, 0.29) is 36.0 Å². The molecule has 1 atom stereocenters. The van der Waals surface area contributed by atoms with Gasteiger partial charge in [0.05, 0.1) is 16.2 Å². The van der Waals surface area contributed by atoms with Gasteiger partial charge in [-0.15, -0.1) is 6.42 Å². The van der Waals surface area contributed by atoms with Gasteiger partial charge in [0.25, 0.3) is 0 Å². The molecule has 2 heterocycles. The van der Waals surface area contributed by atoms with Gasteiger partial charge in [-0.3, -0.25) is 9.59 Å². The van der Waals surface area contributed by atoms with E-state index in [0.29, 0.717) is 28.8 Å². The van der Waals surface area contributed by atoms with Crippen LogP contribution in [0.25, 0.3) is 10.9 Å². The van der Waals surface area contributed by atoms with Crippen LogP contribution in [0.2, 0.25) is 5.02 Å². The van der Waals surface area contributed by atoms with Crippen molar-refractivity contribution in [3.8, 4) is 18.1 Å². The molecule has 2 N–H and O–H groups in total. The van der Waals surface area contributed by atoms with Crippen molar-refractivity contribution in [2.45, 2.75) is 24.3 Å². The van der Waals surface area contributed by atoms with E-state index in [0.717, 1.165) is 4.90 Å². The van der Waals surface area contributed by atoms with Crippen LogP contribution in [0.5, 0.6) is 5.75 Å². The molecule has 0 spiro atoms. The number of aromatic nitrogens is 2. The van der Waals surface area contributed by atoms with Crippen LogP contribution in [-0.4, -0.2) is 51.3 Å². The molecule has 1 aliphatic rings. The maximum atomic E-state index is 13.6. The summed E-state index contributed by atoms with van der Waals surface area (Å²) in [7, 11) is 0. The summed E-state index contributed by atoms with van der Waals surface area (Å²) in [4.78, 5) is 34.3. The summed E-state index contributed by atoms with van der Waals surface area (Å²) < 4.78 is 46.0. The first kappa shape index (κ1) is 26.3. The fourth-order valence-electron chi connectivity index (χ4n) is 3.89. The molecule has 2 aromatic carbocycles. The Balaban J connectivity index is 1.69. The fourth-order valence-corrected chi connectivity index (χ4v) is 4.18. The number of alkyl halides is 3. The van der Waals surface area contributed by atoms with Crippen molar-refractivity contribution in [1.29, 1.82) is 0 Å². The second kappa shape index (κ2) is 10.7. The number of halogens is 5.